The molecule has 1 aliphatic heterocycles. The predicted molar refractivity (Wildman–Crippen MR) is 108 cm³/mol. The van der Waals surface area contributed by atoms with E-state index in [0.717, 1.165) is 74.6 Å². The molecule has 0 atom stereocenters. The number of anilines is 5. The van der Waals surface area contributed by atoms with Crippen LogP contribution in [-0.4, -0.2) is 35.0 Å². The lowest BCUT2D eigenvalue weighted by atomic mass is 10.1. The highest BCUT2D eigenvalue weighted by molar-refractivity contribution is 5.90. The summed E-state index contributed by atoms with van der Waals surface area (Å²) in [5.41, 5.74) is 3.35. The highest BCUT2D eigenvalue weighted by atomic mass is 16.2. The zero-order valence-electron chi connectivity index (χ0n) is 15.5. The van der Waals surface area contributed by atoms with Crippen molar-refractivity contribution in [3.63, 3.8) is 0 Å². The van der Waals surface area contributed by atoms with Gasteiger partial charge in [-0.05, 0) is 31.4 Å². The van der Waals surface area contributed by atoms with Crippen LogP contribution < -0.4 is 15.5 Å². The topological polar surface area (TPSA) is 73.3 Å². The first-order valence-corrected chi connectivity index (χ1v) is 9.69. The van der Waals surface area contributed by atoms with Crippen LogP contribution in [0.5, 0.6) is 0 Å². The van der Waals surface area contributed by atoms with Crippen LogP contribution in [0.1, 0.15) is 45.4 Å². The lowest BCUT2D eigenvalue weighted by molar-refractivity contribution is 0.283. The molecule has 0 saturated carbocycles. The summed E-state index contributed by atoms with van der Waals surface area (Å²) in [6.07, 6.45) is 6.42. The van der Waals surface area contributed by atoms with Gasteiger partial charge in [-0.25, -0.2) is 0 Å². The third-order valence-electron chi connectivity index (χ3n) is 4.64. The average molecular weight is 355 g/mol. The molecule has 26 heavy (non-hydrogen) atoms. The molecular formula is C20H29N5O. The number of aromatic nitrogens is 2. The standard InChI is InChI=1S/C20H29N5O/c1-2-3-13-25-17-11-7-6-10-16(17)22-20-18(25)15-19(23-24-20)21-12-8-4-5-9-14-26/h6-7,10-11,15,26H,2-5,8-9,12-14H2,1H3,(H,21,23)(H,22,24). The van der Waals surface area contributed by atoms with E-state index in [1.54, 1.807) is 0 Å². The first-order chi connectivity index (χ1) is 12.8. The highest BCUT2D eigenvalue weighted by Gasteiger charge is 2.23. The fourth-order valence-corrected chi connectivity index (χ4v) is 3.20. The number of para-hydroxylation sites is 2. The molecule has 0 bridgehead atoms. The van der Waals surface area contributed by atoms with E-state index in [0.29, 0.717) is 0 Å². The van der Waals surface area contributed by atoms with E-state index in [4.69, 9.17) is 5.11 Å². The first kappa shape index (κ1) is 18.5. The SMILES string of the molecule is CCCCN1c2ccccc2Nc2nnc(NCCCCCCO)cc21. The highest BCUT2D eigenvalue weighted by Crippen LogP contribution is 2.42. The van der Waals surface area contributed by atoms with Crippen molar-refractivity contribution in [2.24, 2.45) is 0 Å². The van der Waals surface area contributed by atoms with Crippen LogP contribution in [0.25, 0.3) is 0 Å². The van der Waals surface area contributed by atoms with Gasteiger partial charge in [0.25, 0.3) is 0 Å². The summed E-state index contributed by atoms with van der Waals surface area (Å²) in [6, 6.07) is 10.4. The minimum atomic E-state index is 0.284. The molecule has 2 aromatic rings. The van der Waals surface area contributed by atoms with Gasteiger partial charge in [-0.2, -0.15) is 0 Å². The summed E-state index contributed by atoms with van der Waals surface area (Å²) in [4.78, 5) is 2.34. The van der Waals surface area contributed by atoms with Crippen molar-refractivity contribution in [1.82, 2.24) is 10.2 Å². The number of hydrogen-bond donors (Lipinski definition) is 3. The quantitative estimate of drug-likeness (QED) is 0.547. The molecule has 140 valence electrons. The van der Waals surface area contributed by atoms with Gasteiger partial charge in [0.05, 0.1) is 17.1 Å². The van der Waals surface area contributed by atoms with E-state index in [1.165, 1.54) is 5.69 Å². The van der Waals surface area contributed by atoms with Gasteiger partial charge in [0.15, 0.2) is 11.6 Å². The van der Waals surface area contributed by atoms with Crippen molar-refractivity contribution in [3.05, 3.63) is 30.3 Å². The maximum atomic E-state index is 8.83. The van der Waals surface area contributed by atoms with Gasteiger partial charge in [0, 0.05) is 25.8 Å². The van der Waals surface area contributed by atoms with E-state index < -0.39 is 0 Å². The van der Waals surface area contributed by atoms with Crippen molar-refractivity contribution in [3.8, 4) is 0 Å². The second kappa shape index (κ2) is 9.38. The molecule has 1 aromatic heterocycles. The van der Waals surface area contributed by atoms with Crippen molar-refractivity contribution in [2.75, 3.05) is 35.2 Å². The van der Waals surface area contributed by atoms with Crippen LogP contribution in [0.2, 0.25) is 0 Å². The van der Waals surface area contributed by atoms with Gasteiger partial charge in [-0.3, -0.25) is 0 Å². The summed E-state index contributed by atoms with van der Waals surface area (Å²) >= 11 is 0. The lowest BCUT2D eigenvalue weighted by Gasteiger charge is -2.33. The number of aliphatic hydroxyl groups excluding tert-OH is 1. The van der Waals surface area contributed by atoms with Gasteiger partial charge < -0.3 is 20.6 Å². The van der Waals surface area contributed by atoms with Gasteiger partial charge in [-0.1, -0.05) is 38.3 Å². The minimum Gasteiger partial charge on any atom is -0.396 e. The Balaban J connectivity index is 1.70. The van der Waals surface area contributed by atoms with E-state index in [-0.39, 0.29) is 6.61 Å². The summed E-state index contributed by atoms with van der Waals surface area (Å²) in [6.45, 7) is 4.34. The Morgan fingerprint density at radius 3 is 2.73 bits per heavy atom. The molecular weight excluding hydrogens is 326 g/mol. The minimum absolute atomic E-state index is 0.284. The van der Waals surface area contributed by atoms with Crippen LogP contribution in [0.3, 0.4) is 0 Å². The maximum absolute atomic E-state index is 8.83. The molecule has 0 amide bonds. The van der Waals surface area contributed by atoms with Gasteiger partial charge in [0.2, 0.25) is 0 Å². The molecule has 1 aliphatic rings. The maximum Gasteiger partial charge on any atom is 0.177 e. The van der Waals surface area contributed by atoms with Crippen molar-refractivity contribution < 1.29 is 5.11 Å². The Kier molecular flexibility index (Phi) is 6.66. The molecule has 0 unspecified atom stereocenters. The number of nitrogens with one attached hydrogen (secondary N) is 2. The summed E-state index contributed by atoms with van der Waals surface area (Å²) < 4.78 is 0. The van der Waals surface area contributed by atoms with E-state index in [1.807, 2.05) is 6.07 Å². The Morgan fingerprint density at radius 2 is 1.88 bits per heavy atom. The molecule has 0 aliphatic carbocycles. The Hall–Kier alpha value is -2.34. The predicted octanol–water partition coefficient (Wildman–Crippen LogP) is 4.44. The third kappa shape index (κ3) is 4.43. The molecule has 6 heteroatoms. The normalized spacial score (nSPS) is 12.3. The Bertz CT molecular complexity index is 706. The molecule has 1 aromatic carbocycles. The average Bonchev–Trinajstić information content (AvgIpc) is 2.68. The number of unbranched alkanes of at least 4 members (excludes halogenated alkanes) is 4. The van der Waals surface area contributed by atoms with Crippen LogP contribution >= 0.6 is 0 Å². The zero-order chi connectivity index (χ0) is 18.2. The second-order valence-corrected chi connectivity index (χ2v) is 6.68. The number of rotatable bonds is 10. The smallest absolute Gasteiger partial charge is 0.177 e. The summed E-state index contributed by atoms with van der Waals surface area (Å²) in [7, 11) is 0. The second-order valence-electron chi connectivity index (χ2n) is 6.68. The van der Waals surface area contributed by atoms with Gasteiger partial charge in [-0.15, -0.1) is 10.2 Å². The van der Waals surface area contributed by atoms with E-state index >= 15 is 0 Å². The van der Waals surface area contributed by atoms with Crippen LogP contribution in [-0.2, 0) is 0 Å². The molecule has 2 heterocycles. The summed E-state index contributed by atoms with van der Waals surface area (Å²) in [5, 5.41) is 24.3. The monoisotopic (exact) mass is 355 g/mol. The lowest BCUT2D eigenvalue weighted by Crippen LogP contribution is -2.25. The zero-order valence-corrected chi connectivity index (χ0v) is 15.5. The van der Waals surface area contributed by atoms with E-state index in [2.05, 4.69) is 56.9 Å². The largest absolute Gasteiger partial charge is 0.396 e. The Morgan fingerprint density at radius 1 is 1.04 bits per heavy atom. The van der Waals surface area contributed by atoms with Crippen LogP contribution in [0, 0.1) is 0 Å². The fourth-order valence-electron chi connectivity index (χ4n) is 3.20. The molecule has 0 saturated heterocycles. The number of nitrogens with zero attached hydrogens (tertiary/aromatic N) is 3. The van der Waals surface area contributed by atoms with E-state index in [9.17, 15) is 0 Å². The molecule has 0 radical (unpaired) electrons. The molecule has 3 rings (SSSR count). The fraction of sp³-hybridized carbons (Fsp3) is 0.500. The van der Waals surface area contributed by atoms with Gasteiger partial charge >= 0.3 is 0 Å². The number of benzene rings is 1. The third-order valence-corrected chi connectivity index (χ3v) is 4.64. The molecule has 0 fully saturated rings. The Labute approximate surface area is 155 Å². The molecule has 6 nitrogen and oxygen atoms in total. The summed E-state index contributed by atoms with van der Waals surface area (Å²) in [5.74, 6) is 1.63. The van der Waals surface area contributed by atoms with Crippen molar-refractivity contribution >= 4 is 28.7 Å². The number of hydrogen-bond acceptors (Lipinski definition) is 6. The van der Waals surface area contributed by atoms with Crippen molar-refractivity contribution in [1.29, 1.82) is 0 Å². The van der Waals surface area contributed by atoms with Gasteiger partial charge in [0.1, 0.15) is 0 Å². The first-order valence-electron chi connectivity index (χ1n) is 9.69. The van der Waals surface area contributed by atoms with Crippen molar-refractivity contribution in [2.45, 2.75) is 45.4 Å². The van der Waals surface area contributed by atoms with Crippen LogP contribution in [0.4, 0.5) is 28.7 Å². The molecule has 3 N–H and O–H groups in total. The van der Waals surface area contributed by atoms with Crippen LogP contribution in [0.15, 0.2) is 30.3 Å². The molecule has 0 spiro atoms. The number of aliphatic hydroxyl groups is 1. The number of fused-ring (bicyclic) bond motifs is 2.